The Morgan fingerprint density at radius 3 is 2.59 bits per heavy atom. The molecule has 2 amide bonds. The first-order chi connectivity index (χ1) is 12.5. The van der Waals surface area contributed by atoms with Gasteiger partial charge in [-0.25, -0.2) is 4.68 Å². The lowest BCUT2D eigenvalue weighted by Gasteiger charge is -2.23. The average molecular weight is 413 g/mol. The number of halogens is 2. The predicted octanol–water partition coefficient (Wildman–Crippen LogP) is 1.95. The number of nitrogens with one attached hydrogen (secondary N) is 3. The molecule has 3 rings (SSSR count). The standard InChI is InChI=1S/C17H21ClN6O2.ClH/c1-11-16(22-23-24(11)14-6-8-19-9-7-14)17(26)20-10-15(25)21-13-4-2-12(18)3-5-13;/h2-5,14,19H,6-10H2,1H3,(H,20,26)(H,21,25);1H. The van der Waals surface area contributed by atoms with Gasteiger partial charge in [-0.3, -0.25) is 9.59 Å². The number of amides is 2. The molecule has 1 aromatic heterocycles. The predicted molar refractivity (Wildman–Crippen MR) is 106 cm³/mol. The van der Waals surface area contributed by atoms with E-state index in [2.05, 4.69) is 26.3 Å². The number of aromatic nitrogens is 3. The van der Waals surface area contributed by atoms with Crippen LogP contribution in [0.4, 0.5) is 5.69 Å². The Morgan fingerprint density at radius 2 is 1.93 bits per heavy atom. The van der Waals surface area contributed by atoms with Crippen LogP contribution in [0, 0.1) is 6.92 Å². The summed E-state index contributed by atoms with van der Waals surface area (Å²) >= 11 is 5.80. The summed E-state index contributed by atoms with van der Waals surface area (Å²) in [6.45, 7) is 3.53. The largest absolute Gasteiger partial charge is 0.342 e. The number of nitrogens with zero attached hydrogens (tertiary/aromatic N) is 3. The van der Waals surface area contributed by atoms with Crippen molar-refractivity contribution in [2.75, 3.05) is 25.0 Å². The molecule has 8 nitrogen and oxygen atoms in total. The van der Waals surface area contributed by atoms with Crippen LogP contribution in [0.2, 0.25) is 5.02 Å². The van der Waals surface area contributed by atoms with Crippen molar-refractivity contribution in [2.24, 2.45) is 0 Å². The molecule has 1 aliphatic heterocycles. The summed E-state index contributed by atoms with van der Waals surface area (Å²) < 4.78 is 1.81. The first kappa shape index (κ1) is 21.1. The minimum absolute atomic E-state index is 0. The van der Waals surface area contributed by atoms with Gasteiger partial charge in [0.2, 0.25) is 5.91 Å². The van der Waals surface area contributed by atoms with Crippen molar-refractivity contribution >= 4 is 41.5 Å². The molecule has 2 heterocycles. The molecule has 1 aromatic carbocycles. The van der Waals surface area contributed by atoms with Crippen LogP contribution >= 0.6 is 24.0 Å². The first-order valence-electron chi connectivity index (χ1n) is 8.50. The number of carbonyl (C=O) groups is 2. The zero-order chi connectivity index (χ0) is 18.5. The minimum Gasteiger partial charge on any atom is -0.342 e. The lowest BCUT2D eigenvalue weighted by atomic mass is 10.1. The van der Waals surface area contributed by atoms with Crippen molar-refractivity contribution in [1.82, 2.24) is 25.6 Å². The molecule has 1 saturated heterocycles. The highest BCUT2D eigenvalue weighted by Crippen LogP contribution is 2.20. The minimum atomic E-state index is -0.408. The van der Waals surface area contributed by atoms with Crippen LogP contribution in [0.5, 0.6) is 0 Å². The number of rotatable bonds is 5. The van der Waals surface area contributed by atoms with Crippen molar-refractivity contribution in [3.63, 3.8) is 0 Å². The summed E-state index contributed by atoms with van der Waals surface area (Å²) in [5.41, 5.74) is 1.58. The summed E-state index contributed by atoms with van der Waals surface area (Å²) in [6, 6.07) is 6.99. The fourth-order valence-electron chi connectivity index (χ4n) is 2.93. The molecule has 3 N–H and O–H groups in total. The van der Waals surface area contributed by atoms with Gasteiger partial charge in [-0.2, -0.15) is 0 Å². The SMILES string of the molecule is Cc1c(C(=O)NCC(=O)Nc2ccc(Cl)cc2)nnn1C1CCNCC1.Cl. The molecular weight excluding hydrogens is 391 g/mol. The molecule has 2 aromatic rings. The highest BCUT2D eigenvalue weighted by molar-refractivity contribution is 6.30. The normalized spacial score (nSPS) is 14.3. The summed E-state index contributed by atoms with van der Waals surface area (Å²) in [6.07, 6.45) is 1.91. The lowest BCUT2D eigenvalue weighted by Crippen LogP contribution is -2.33. The fourth-order valence-corrected chi connectivity index (χ4v) is 3.06. The van der Waals surface area contributed by atoms with Gasteiger partial charge < -0.3 is 16.0 Å². The van der Waals surface area contributed by atoms with E-state index in [1.807, 2.05) is 11.6 Å². The Balaban J connectivity index is 0.00000261. The maximum Gasteiger partial charge on any atom is 0.274 e. The second-order valence-electron chi connectivity index (χ2n) is 6.19. The van der Waals surface area contributed by atoms with Gasteiger partial charge in [0.1, 0.15) is 0 Å². The van der Waals surface area contributed by atoms with Gasteiger partial charge in [0, 0.05) is 10.7 Å². The zero-order valence-corrected chi connectivity index (χ0v) is 16.4. The Bertz CT molecular complexity index is 787. The average Bonchev–Trinajstić information content (AvgIpc) is 3.04. The third-order valence-electron chi connectivity index (χ3n) is 4.33. The molecule has 0 spiro atoms. The van der Waals surface area contributed by atoms with Crippen molar-refractivity contribution in [3.05, 3.63) is 40.7 Å². The Labute approximate surface area is 168 Å². The maximum absolute atomic E-state index is 12.3. The lowest BCUT2D eigenvalue weighted by molar-refractivity contribution is -0.115. The van der Waals surface area contributed by atoms with Crippen molar-refractivity contribution in [2.45, 2.75) is 25.8 Å². The second kappa shape index (κ2) is 9.68. The zero-order valence-electron chi connectivity index (χ0n) is 14.9. The van der Waals surface area contributed by atoms with Crippen LogP contribution in [-0.2, 0) is 4.79 Å². The van der Waals surface area contributed by atoms with E-state index in [0.717, 1.165) is 25.9 Å². The Kier molecular flexibility index (Phi) is 7.58. The molecule has 0 radical (unpaired) electrons. The molecule has 0 bridgehead atoms. The molecule has 1 fully saturated rings. The molecule has 0 unspecified atom stereocenters. The highest BCUT2D eigenvalue weighted by Gasteiger charge is 2.23. The summed E-state index contributed by atoms with van der Waals surface area (Å²) in [5, 5.41) is 17.3. The van der Waals surface area contributed by atoms with Gasteiger partial charge in [0.05, 0.1) is 18.3 Å². The molecule has 0 aliphatic carbocycles. The topological polar surface area (TPSA) is 101 Å². The Hall–Kier alpha value is -2.16. The number of hydrogen-bond acceptors (Lipinski definition) is 5. The van der Waals surface area contributed by atoms with E-state index >= 15 is 0 Å². The van der Waals surface area contributed by atoms with Gasteiger partial charge in [-0.05, 0) is 57.1 Å². The smallest absolute Gasteiger partial charge is 0.274 e. The number of hydrogen-bond donors (Lipinski definition) is 3. The van der Waals surface area contributed by atoms with Crippen LogP contribution in [0.15, 0.2) is 24.3 Å². The van der Waals surface area contributed by atoms with Crippen molar-refractivity contribution in [3.8, 4) is 0 Å². The van der Waals surface area contributed by atoms with E-state index in [0.29, 0.717) is 16.4 Å². The molecule has 0 saturated carbocycles. The third kappa shape index (κ3) is 5.41. The van der Waals surface area contributed by atoms with E-state index in [1.165, 1.54) is 0 Å². The van der Waals surface area contributed by atoms with Crippen LogP contribution in [0.25, 0.3) is 0 Å². The molecular formula is C17H22Cl2N6O2. The van der Waals surface area contributed by atoms with Crippen LogP contribution in [0.1, 0.15) is 35.1 Å². The molecule has 0 atom stereocenters. The van der Waals surface area contributed by atoms with Gasteiger partial charge in [-0.15, -0.1) is 17.5 Å². The Morgan fingerprint density at radius 1 is 1.26 bits per heavy atom. The van der Waals surface area contributed by atoms with Crippen LogP contribution < -0.4 is 16.0 Å². The number of benzene rings is 1. The first-order valence-corrected chi connectivity index (χ1v) is 8.88. The number of piperidine rings is 1. The van der Waals surface area contributed by atoms with E-state index < -0.39 is 5.91 Å². The van der Waals surface area contributed by atoms with Crippen molar-refractivity contribution in [1.29, 1.82) is 0 Å². The maximum atomic E-state index is 12.3. The second-order valence-corrected chi connectivity index (χ2v) is 6.62. The van der Waals surface area contributed by atoms with Gasteiger partial charge >= 0.3 is 0 Å². The number of anilines is 1. The van der Waals surface area contributed by atoms with Gasteiger partial charge in [0.15, 0.2) is 5.69 Å². The molecule has 146 valence electrons. The summed E-state index contributed by atoms with van der Waals surface area (Å²) in [7, 11) is 0. The van der Waals surface area contributed by atoms with E-state index in [4.69, 9.17) is 11.6 Å². The summed E-state index contributed by atoms with van der Waals surface area (Å²) in [4.78, 5) is 24.3. The van der Waals surface area contributed by atoms with E-state index in [9.17, 15) is 9.59 Å². The highest BCUT2D eigenvalue weighted by atomic mass is 35.5. The monoisotopic (exact) mass is 412 g/mol. The van der Waals surface area contributed by atoms with Crippen LogP contribution in [0.3, 0.4) is 0 Å². The number of carbonyl (C=O) groups excluding carboxylic acids is 2. The van der Waals surface area contributed by atoms with E-state index in [-0.39, 0.29) is 36.6 Å². The molecule has 27 heavy (non-hydrogen) atoms. The quantitative estimate of drug-likeness (QED) is 0.696. The van der Waals surface area contributed by atoms with Gasteiger partial charge in [-0.1, -0.05) is 16.8 Å². The summed E-state index contributed by atoms with van der Waals surface area (Å²) in [5.74, 6) is -0.738. The third-order valence-corrected chi connectivity index (χ3v) is 4.59. The van der Waals surface area contributed by atoms with E-state index in [1.54, 1.807) is 24.3 Å². The fraction of sp³-hybridized carbons (Fsp3) is 0.412. The van der Waals surface area contributed by atoms with Crippen LogP contribution in [-0.4, -0.2) is 46.4 Å². The molecule has 10 heteroatoms. The van der Waals surface area contributed by atoms with Gasteiger partial charge in [0.25, 0.3) is 5.91 Å². The molecule has 1 aliphatic rings. The van der Waals surface area contributed by atoms with Crippen molar-refractivity contribution < 1.29 is 9.59 Å².